The molecule has 6 atom stereocenters. The summed E-state index contributed by atoms with van der Waals surface area (Å²) in [6, 6.07) is -6.01. The number of hydrogen-bond donors (Lipinski definition) is 9. The van der Waals surface area contributed by atoms with Gasteiger partial charge in [-0.25, -0.2) is 4.79 Å². The van der Waals surface area contributed by atoms with Crippen LogP contribution in [0.4, 0.5) is 0 Å². The Hall–Kier alpha value is -3.30. The number of carbonyl (C=O) groups excluding carboxylic acids is 5. The lowest BCUT2D eigenvalue weighted by Crippen LogP contribution is -2.59. The number of carbonyl (C=O) groups is 6. The van der Waals surface area contributed by atoms with E-state index in [9.17, 15) is 33.9 Å². The summed E-state index contributed by atoms with van der Waals surface area (Å²) in [4.78, 5) is 79.2. The van der Waals surface area contributed by atoms with Crippen molar-refractivity contribution in [2.45, 2.75) is 156 Å². The van der Waals surface area contributed by atoms with Gasteiger partial charge in [-0.15, -0.1) is 0 Å². The summed E-state index contributed by atoms with van der Waals surface area (Å²) in [5, 5.41) is 23.3. The molecular formula is C36H70N8O7. The first-order valence-electron chi connectivity index (χ1n) is 18.7. The fourth-order valence-electron chi connectivity index (χ4n) is 5.57. The summed E-state index contributed by atoms with van der Waals surface area (Å²) in [5.41, 5.74) is 17.2. The molecule has 0 bridgehead atoms. The Kier molecular flexibility index (Phi) is 24.0. The van der Waals surface area contributed by atoms with Crippen LogP contribution in [0.15, 0.2) is 0 Å². The van der Waals surface area contributed by atoms with Crippen molar-refractivity contribution in [1.82, 2.24) is 26.6 Å². The van der Waals surface area contributed by atoms with E-state index in [1.165, 1.54) is 0 Å². The maximum atomic E-state index is 13.8. The van der Waals surface area contributed by atoms with Gasteiger partial charge < -0.3 is 48.9 Å². The van der Waals surface area contributed by atoms with Gasteiger partial charge in [0.15, 0.2) is 0 Å². The van der Waals surface area contributed by atoms with Crippen molar-refractivity contribution in [2.75, 3.05) is 13.1 Å². The summed E-state index contributed by atoms with van der Waals surface area (Å²) in [6.07, 6.45) is 4.19. The molecule has 0 aliphatic rings. The molecule has 0 aromatic carbocycles. The normalized spacial score (nSPS) is 15.1. The van der Waals surface area contributed by atoms with Crippen LogP contribution >= 0.6 is 0 Å². The first-order chi connectivity index (χ1) is 23.8. The molecule has 0 saturated heterocycles. The van der Waals surface area contributed by atoms with Crippen LogP contribution in [0.5, 0.6) is 0 Å². The van der Waals surface area contributed by atoms with E-state index in [0.717, 1.165) is 6.42 Å². The molecule has 0 aromatic heterocycles. The zero-order chi connectivity index (χ0) is 39.3. The van der Waals surface area contributed by atoms with Crippen LogP contribution in [0, 0.1) is 23.7 Å². The number of nitrogens with one attached hydrogen (secondary N) is 5. The zero-order valence-corrected chi connectivity index (χ0v) is 32.4. The molecular weight excluding hydrogens is 656 g/mol. The molecule has 0 radical (unpaired) electrons. The van der Waals surface area contributed by atoms with Crippen LogP contribution < -0.4 is 43.8 Å². The quantitative estimate of drug-likeness (QED) is 0.0548. The van der Waals surface area contributed by atoms with Gasteiger partial charge in [0.25, 0.3) is 0 Å². The molecule has 0 saturated carbocycles. The molecule has 0 aromatic rings. The predicted octanol–water partition coefficient (Wildman–Crippen LogP) is 1.26. The Morgan fingerprint density at radius 2 is 0.725 bits per heavy atom. The molecule has 0 aliphatic heterocycles. The van der Waals surface area contributed by atoms with E-state index in [1.807, 2.05) is 55.4 Å². The smallest absolute Gasteiger partial charge is 0.326 e. The third-order valence-electron chi connectivity index (χ3n) is 8.23. The monoisotopic (exact) mass is 727 g/mol. The van der Waals surface area contributed by atoms with Crippen molar-refractivity contribution in [1.29, 1.82) is 0 Å². The third-order valence-corrected chi connectivity index (χ3v) is 8.23. The van der Waals surface area contributed by atoms with E-state index in [0.29, 0.717) is 45.2 Å². The molecule has 0 fully saturated rings. The number of rotatable bonds is 27. The minimum absolute atomic E-state index is 0.0151. The summed E-state index contributed by atoms with van der Waals surface area (Å²) in [5.74, 6) is -4.02. The predicted molar refractivity (Wildman–Crippen MR) is 199 cm³/mol. The van der Waals surface area contributed by atoms with Gasteiger partial charge in [-0.1, -0.05) is 61.8 Å². The van der Waals surface area contributed by atoms with Gasteiger partial charge in [0.05, 0.1) is 6.04 Å². The lowest BCUT2D eigenvalue weighted by molar-refractivity contribution is -0.142. The van der Waals surface area contributed by atoms with E-state index in [2.05, 4.69) is 26.6 Å². The highest BCUT2D eigenvalue weighted by Gasteiger charge is 2.33. The SMILES string of the molecule is CC(C)CC(NC(=O)C(N)CCCCN)C(=O)NC(CC(C)C)C(=O)NC(CC(C)C)C(=O)NC(CC(C)C)C(=O)NC(CCCCN)C(=O)O. The number of aliphatic carboxylic acids is 1. The number of amides is 5. The Bertz CT molecular complexity index is 1090. The van der Waals surface area contributed by atoms with Gasteiger partial charge in [-0.05, 0) is 94.5 Å². The second-order valence-corrected chi connectivity index (χ2v) is 15.3. The molecule has 0 aliphatic carbocycles. The van der Waals surface area contributed by atoms with E-state index in [-0.39, 0.29) is 49.4 Å². The van der Waals surface area contributed by atoms with Crippen molar-refractivity contribution in [3.63, 3.8) is 0 Å². The van der Waals surface area contributed by atoms with Crippen LogP contribution in [0.1, 0.15) is 120 Å². The molecule has 12 N–H and O–H groups in total. The lowest BCUT2D eigenvalue weighted by atomic mass is 9.97. The molecule has 0 spiro atoms. The highest BCUT2D eigenvalue weighted by molar-refractivity contribution is 5.96. The number of hydrogen-bond acceptors (Lipinski definition) is 9. The van der Waals surface area contributed by atoms with Crippen LogP contribution in [0.25, 0.3) is 0 Å². The molecule has 5 amide bonds. The van der Waals surface area contributed by atoms with Gasteiger partial charge in [0, 0.05) is 0 Å². The van der Waals surface area contributed by atoms with Crippen molar-refractivity contribution in [2.24, 2.45) is 40.9 Å². The van der Waals surface area contributed by atoms with Gasteiger partial charge in [0.2, 0.25) is 29.5 Å². The first kappa shape index (κ1) is 47.7. The number of carboxylic acids is 1. The van der Waals surface area contributed by atoms with Crippen LogP contribution in [-0.2, 0) is 28.8 Å². The second kappa shape index (κ2) is 25.6. The third kappa shape index (κ3) is 21.0. The average Bonchev–Trinajstić information content (AvgIpc) is 3.01. The highest BCUT2D eigenvalue weighted by Crippen LogP contribution is 2.13. The summed E-state index contributed by atoms with van der Waals surface area (Å²) in [7, 11) is 0. The molecule has 6 unspecified atom stereocenters. The summed E-state index contributed by atoms with van der Waals surface area (Å²) in [6.45, 7) is 16.0. The Balaban J connectivity index is 6.07. The van der Waals surface area contributed by atoms with E-state index >= 15 is 0 Å². The van der Waals surface area contributed by atoms with Gasteiger partial charge in [-0.2, -0.15) is 0 Å². The van der Waals surface area contributed by atoms with Crippen molar-refractivity contribution < 1.29 is 33.9 Å². The highest BCUT2D eigenvalue weighted by atomic mass is 16.4. The molecule has 15 nitrogen and oxygen atoms in total. The molecule has 0 heterocycles. The topological polar surface area (TPSA) is 261 Å². The Morgan fingerprint density at radius 3 is 1.00 bits per heavy atom. The molecule has 0 rings (SSSR count). The van der Waals surface area contributed by atoms with Gasteiger partial charge >= 0.3 is 5.97 Å². The van der Waals surface area contributed by atoms with Crippen LogP contribution in [0.2, 0.25) is 0 Å². The number of unbranched alkanes of at least 4 members (excludes halogenated alkanes) is 2. The van der Waals surface area contributed by atoms with Crippen molar-refractivity contribution in [3.8, 4) is 0 Å². The lowest BCUT2D eigenvalue weighted by Gasteiger charge is -2.29. The maximum absolute atomic E-state index is 13.8. The van der Waals surface area contributed by atoms with Crippen LogP contribution in [0.3, 0.4) is 0 Å². The molecule has 296 valence electrons. The second-order valence-electron chi connectivity index (χ2n) is 15.3. The first-order valence-corrected chi connectivity index (χ1v) is 18.7. The molecule has 15 heteroatoms. The maximum Gasteiger partial charge on any atom is 0.326 e. The summed E-state index contributed by atoms with van der Waals surface area (Å²) < 4.78 is 0. The Morgan fingerprint density at radius 1 is 0.451 bits per heavy atom. The van der Waals surface area contributed by atoms with E-state index in [4.69, 9.17) is 17.2 Å². The van der Waals surface area contributed by atoms with Crippen molar-refractivity contribution >= 4 is 35.5 Å². The van der Waals surface area contributed by atoms with Gasteiger partial charge in [0.1, 0.15) is 30.2 Å². The number of carboxylic acid groups (broad SMARTS) is 1. The number of nitrogens with two attached hydrogens (primary N) is 3. The zero-order valence-electron chi connectivity index (χ0n) is 32.4. The van der Waals surface area contributed by atoms with E-state index in [1.54, 1.807) is 0 Å². The van der Waals surface area contributed by atoms with E-state index < -0.39 is 71.8 Å². The average molecular weight is 727 g/mol. The van der Waals surface area contributed by atoms with Gasteiger partial charge in [-0.3, -0.25) is 24.0 Å². The fourth-order valence-corrected chi connectivity index (χ4v) is 5.57. The standard InChI is InChI=1S/C36H70N8O7/c1-21(2)17-27(41-31(45)25(39)13-9-11-15-37)33(47)43-29(19-23(5)6)35(49)44-30(20-24(7)8)34(48)42-28(18-22(3)4)32(46)40-26(36(50)51)14-10-12-16-38/h21-30H,9-20,37-39H2,1-8H3,(H,40,46)(H,41,45)(H,42,48)(H,43,47)(H,44,49)(H,50,51). The minimum atomic E-state index is -1.18. The summed E-state index contributed by atoms with van der Waals surface area (Å²) >= 11 is 0. The Labute approximate surface area is 305 Å². The van der Waals surface area contributed by atoms with Crippen LogP contribution in [-0.4, -0.2) is 90.0 Å². The molecule has 51 heavy (non-hydrogen) atoms. The minimum Gasteiger partial charge on any atom is -0.480 e. The van der Waals surface area contributed by atoms with Crippen molar-refractivity contribution in [3.05, 3.63) is 0 Å². The fraction of sp³-hybridized carbons (Fsp3) is 0.833. The largest absolute Gasteiger partial charge is 0.480 e.